The Kier molecular flexibility index (Phi) is 6.69. The number of hydrogen-bond donors (Lipinski definition) is 0. The van der Waals surface area contributed by atoms with Gasteiger partial charge < -0.3 is 28.3 Å². The highest BCUT2D eigenvalue weighted by atomic mass is 16.5. The van der Waals surface area contributed by atoms with E-state index in [1.165, 1.54) is 6.07 Å². The average molecular weight is 506 g/mol. The summed E-state index contributed by atoms with van der Waals surface area (Å²) in [4.78, 5) is 25.7. The van der Waals surface area contributed by atoms with E-state index in [4.69, 9.17) is 23.7 Å². The molecule has 8 heteroatoms. The molecule has 3 aromatic rings. The molecule has 2 aliphatic rings. The van der Waals surface area contributed by atoms with Crippen LogP contribution in [0.5, 0.6) is 17.2 Å². The molecule has 0 bridgehead atoms. The SMILES string of the molecule is CCOC(=O)c1cn2c(cc1=O)-c1c(cc(OCCCOC)c3c1CC(C)(C)O3)OC2c1ccccc1. The predicted molar refractivity (Wildman–Crippen MR) is 138 cm³/mol. The van der Waals surface area contributed by atoms with Gasteiger partial charge in [-0.2, -0.15) is 0 Å². The van der Waals surface area contributed by atoms with Crippen LogP contribution >= 0.6 is 0 Å². The molecule has 0 spiro atoms. The first-order valence-corrected chi connectivity index (χ1v) is 12.5. The lowest BCUT2D eigenvalue weighted by Crippen LogP contribution is -2.29. The number of aromatic nitrogens is 1. The van der Waals surface area contributed by atoms with Crippen molar-refractivity contribution in [3.63, 3.8) is 0 Å². The van der Waals surface area contributed by atoms with Gasteiger partial charge >= 0.3 is 5.97 Å². The molecule has 1 atom stereocenters. The normalized spacial score (nSPS) is 16.6. The molecule has 5 rings (SSSR count). The maximum absolute atomic E-state index is 13.1. The highest BCUT2D eigenvalue weighted by Gasteiger charge is 2.40. The van der Waals surface area contributed by atoms with Crippen molar-refractivity contribution in [3.8, 4) is 28.5 Å². The number of carbonyl (C=O) groups excluding carboxylic acids is 1. The van der Waals surface area contributed by atoms with Gasteiger partial charge in [-0.05, 0) is 20.8 Å². The van der Waals surface area contributed by atoms with E-state index in [-0.39, 0.29) is 12.2 Å². The molecule has 2 aliphatic heterocycles. The molecule has 3 heterocycles. The summed E-state index contributed by atoms with van der Waals surface area (Å²) in [7, 11) is 1.66. The topological polar surface area (TPSA) is 85.2 Å². The Morgan fingerprint density at radius 3 is 2.68 bits per heavy atom. The molecule has 8 nitrogen and oxygen atoms in total. The Labute approximate surface area is 215 Å². The van der Waals surface area contributed by atoms with Crippen molar-refractivity contribution in [2.45, 2.75) is 45.4 Å². The Hall–Kier alpha value is -3.78. The first-order chi connectivity index (χ1) is 17.8. The summed E-state index contributed by atoms with van der Waals surface area (Å²) in [5.74, 6) is 1.19. The van der Waals surface area contributed by atoms with Gasteiger partial charge in [0.2, 0.25) is 6.23 Å². The molecular formula is C29H31NO7. The first-order valence-electron chi connectivity index (χ1n) is 12.5. The molecule has 0 N–H and O–H groups in total. The minimum absolute atomic E-state index is 0.0371. The molecule has 1 unspecified atom stereocenters. The second kappa shape index (κ2) is 9.94. The van der Waals surface area contributed by atoms with Crippen molar-refractivity contribution < 1.29 is 28.5 Å². The summed E-state index contributed by atoms with van der Waals surface area (Å²) >= 11 is 0. The lowest BCUT2D eigenvalue weighted by molar-refractivity contribution is 0.0522. The van der Waals surface area contributed by atoms with Crippen molar-refractivity contribution in [1.29, 1.82) is 0 Å². The zero-order valence-electron chi connectivity index (χ0n) is 21.5. The summed E-state index contributed by atoms with van der Waals surface area (Å²) in [5.41, 5.74) is 2.29. The zero-order valence-corrected chi connectivity index (χ0v) is 21.5. The van der Waals surface area contributed by atoms with Crippen LogP contribution in [0, 0.1) is 0 Å². The lowest BCUT2D eigenvalue weighted by atomic mass is 9.93. The lowest BCUT2D eigenvalue weighted by Gasteiger charge is -2.33. The monoisotopic (exact) mass is 505 g/mol. The van der Waals surface area contributed by atoms with Crippen LogP contribution < -0.4 is 19.6 Å². The summed E-state index contributed by atoms with van der Waals surface area (Å²) in [6, 6.07) is 13.0. The second-order valence-electron chi connectivity index (χ2n) is 9.73. The fourth-order valence-corrected chi connectivity index (χ4v) is 4.88. The van der Waals surface area contributed by atoms with Crippen LogP contribution in [-0.4, -0.2) is 43.1 Å². The van der Waals surface area contributed by atoms with E-state index < -0.39 is 23.2 Å². The van der Waals surface area contributed by atoms with Gasteiger partial charge in [-0.15, -0.1) is 0 Å². The molecule has 0 radical (unpaired) electrons. The number of esters is 1. The van der Waals surface area contributed by atoms with Gasteiger partial charge in [-0.1, -0.05) is 30.3 Å². The van der Waals surface area contributed by atoms with E-state index in [0.29, 0.717) is 42.6 Å². The highest BCUT2D eigenvalue weighted by Crippen LogP contribution is 2.53. The highest BCUT2D eigenvalue weighted by molar-refractivity contribution is 5.90. The number of rotatable bonds is 8. The molecule has 0 saturated carbocycles. The maximum atomic E-state index is 13.1. The molecular weight excluding hydrogens is 474 g/mol. The number of carbonyl (C=O) groups is 1. The van der Waals surface area contributed by atoms with Gasteiger partial charge in [0, 0.05) is 61.6 Å². The summed E-state index contributed by atoms with van der Waals surface area (Å²) in [6.45, 7) is 6.96. The van der Waals surface area contributed by atoms with Crippen LogP contribution in [0.2, 0.25) is 0 Å². The number of methoxy groups -OCH3 is 1. The third-order valence-corrected chi connectivity index (χ3v) is 6.45. The number of nitrogens with zero attached hydrogens (tertiary/aromatic N) is 1. The van der Waals surface area contributed by atoms with Crippen LogP contribution in [0.25, 0.3) is 11.3 Å². The molecule has 0 aliphatic carbocycles. The largest absolute Gasteiger partial charge is 0.489 e. The molecule has 2 aromatic carbocycles. The molecule has 0 saturated heterocycles. The Bertz CT molecular complexity index is 1380. The zero-order chi connectivity index (χ0) is 26.2. The van der Waals surface area contributed by atoms with Crippen LogP contribution in [0.3, 0.4) is 0 Å². The van der Waals surface area contributed by atoms with Crippen molar-refractivity contribution in [3.05, 3.63) is 75.6 Å². The Morgan fingerprint density at radius 1 is 1.16 bits per heavy atom. The third-order valence-electron chi connectivity index (χ3n) is 6.45. The molecule has 1 aromatic heterocycles. The summed E-state index contributed by atoms with van der Waals surface area (Å²) < 4.78 is 31.2. The van der Waals surface area contributed by atoms with Gasteiger partial charge in [-0.3, -0.25) is 4.79 Å². The van der Waals surface area contributed by atoms with Gasteiger partial charge in [0.15, 0.2) is 16.9 Å². The maximum Gasteiger partial charge on any atom is 0.343 e. The number of pyridine rings is 1. The fourth-order valence-electron chi connectivity index (χ4n) is 4.88. The number of fused-ring (bicyclic) bond motifs is 5. The van der Waals surface area contributed by atoms with Crippen molar-refractivity contribution in [2.24, 2.45) is 0 Å². The molecule has 37 heavy (non-hydrogen) atoms. The minimum atomic E-state index is -0.657. The second-order valence-corrected chi connectivity index (χ2v) is 9.73. The third kappa shape index (κ3) is 4.69. The van der Waals surface area contributed by atoms with E-state index in [0.717, 1.165) is 23.1 Å². The van der Waals surface area contributed by atoms with Gasteiger partial charge in [0.1, 0.15) is 16.9 Å². The van der Waals surface area contributed by atoms with E-state index in [9.17, 15) is 9.59 Å². The van der Waals surface area contributed by atoms with E-state index in [1.54, 1.807) is 20.2 Å². The standard InChI is InChI=1S/C29H31NO7/c1-5-34-28(32)20-17-30-21(14-22(20)31)25-19-16-29(2,3)37-26(19)24(35-13-9-12-33-4)15-23(25)36-27(30)18-10-7-6-8-11-18/h6-8,10-11,14-15,17,27H,5,9,12-13,16H2,1-4H3. The average Bonchev–Trinajstić information content (AvgIpc) is 3.21. The quantitative estimate of drug-likeness (QED) is 0.322. The van der Waals surface area contributed by atoms with Crippen molar-refractivity contribution in [2.75, 3.05) is 26.9 Å². The van der Waals surface area contributed by atoms with Gasteiger partial charge in [0.05, 0.1) is 18.9 Å². The number of hydrogen-bond acceptors (Lipinski definition) is 7. The van der Waals surface area contributed by atoms with Crippen LogP contribution in [-0.2, 0) is 15.9 Å². The summed E-state index contributed by atoms with van der Waals surface area (Å²) in [5, 5.41) is 0. The van der Waals surface area contributed by atoms with Gasteiger partial charge in [-0.25, -0.2) is 4.79 Å². The first kappa shape index (κ1) is 24.9. The summed E-state index contributed by atoms with van der Waals surface area (Å²) in [6.07, 6.45) is 2.27. The van der Waals surface area contributed by atoms with Crippen molar-refractivity contribution >= 4 is 5.97 Å². The molecule has 0 fully saturated rings. The van der Waals surface area contributed by atoms with Crippen molar-refractivity contribution in [1.82, 2.24) is 4.57 Å². The Balaban J connectivity index is 1.70. The van der Waals surface area contributed by atoms with E-state index in [2.05, 4.69) is 0 Å². The van der Waals surface area contributed by atoms with E-state index in [1.807, 2.05) is 54.8 Å². The van der Waals surface area contributed by atoms with Crippen LogP contribution in [0.1, 0.15) is 54.9 Å². The predicted octanol–water partition coefficient (Wildman–Crippen LogP) is 4.76. The van der Waals surface area contributed by atoms with Gasteiger partial charge in [0.25, 0.3) is 0 Å². The number of ether oxygens (including phenoxy) is 5. The van der Waals surface area contributed by atoms with E-state index >= 15 is 0 Å². The molecule has 194 valence electrons. The Morgan fingerprint density at radius 2 is 1.95 bits per heavy atom. The fraction of sp³-hybridized carbons (Fsp3) is 0.379. The molecule has 0 amide bonds. The van der Waals surface area contributed by atoms with Crippen LogP contribution in [0.15, 0.2) is 53.5 Å². The van der Waals surface area contributed by atoms with Crippen LogP contribution in [0.4, 0.5) is 0 Å². The minimum Gasteiger partial charge on any atom is -0.489 e. The number of benzene rings is 2. The smallest absolute Gasteiger partial charge is 0.343 e.